The molecule has 0 spiro atoms. The summed E-state index contributed by atoms with van der Waals surface area (Å²) in [5.74, 6) is 2.31. The second-order valence-corrected chi connectivity index (χ2v) is 10.5. The third kappa shape index (κ3) is 2.51. The van der Waals surface area contributed by atoms with E-state index >= 15 is 0 Å². The lowest BCUT2D eigenvalue weighted by Gasteiger charge is -2.42. The Kier molecular flexibility index (Phi) is 3.73. The van der Waals surface area contributed by atoms with Crippen LogP contribution in [0.1, 0.15) is 61.2 Å². The largest absolute Gasteiger partial charge is 0.342 e. The van der Waals surface area contributed by atoms with Crippen LogP contribution in [0.25, 0.3) is 0 Å². The predicted molar refractivity (Wildman–Crippen MR) is 113 cm³/mol. The lowest BCUT2D eigenvalue weighted by molar-refractivity contribution is -0.134. The van der Waals surface area contributed by atoms with Gasteiger partial charge in [0.15, 0.2) is 0 Å². The number of carbonyl (C=O) groups excluding carboxylic acids is 1. The molecule has 2 aliphatic heterocycles. The minimum atomic E-state index is 0.0890. The maximum Gasteiger partial charge on any atom is 0.250 e. The van der Waals surface area contributed by atoms with Gasteiger partial charge in [0, 0.05) is 61.5 Å². The van der Waals surface area contributed by atoms with E-state index in [4.69, 9.17) is 5.10 Å². The minimum absolute atomic E-state index is 0.0890. The van der Waals surface area contributed by atoms with E-state index in [-0.39, 0.29) is 17.4 Å². The van der Waals surface area contributed by atoms with Gasteiger partial charge in [0.1, 0.15) is 0 Å². The van der Waals surface area contributed by atoms with E-state index < -0.39 is 0 Å². The van der Waals surface area contributed by atoms with Gasteiger partial charge in [-0.15, -0.1) is 0 Å². The molecular formula is C24H30N4O2. The van der Waals surface area contributed by atoms with Gasteiger partial charge in [-0.3, -0.25) is 14.3 Å². The first kappa shape index (κ1) is 18.4. The van der Waals surface area contributed by atoms with Crippen molar-refractivity contribution in [3.63, 3.8) is 0 Å². The van der Waals surface area contributed by atoms with Crippen LogP contribution >= 0.6 is 0 Å². The first-order valence-corrected chi connectivity index (χ1v) is 11.4. The van der Waals surface area contributed by atoms with Gasteiger partial charge in [-0.05, 0) is 49.0 Å². The normalized spacial score (nSPS) is 29.9. The molecule has 6 rings (SSSR count). The molecule has 2 aromatic rings. The maximum atomic E-state index is 13.1. The molecule has 1 amide bonds. The van der Waals surface area contributed by atoms with E-state index in [1.165, 1.54) is 11.3 Å². The monoisotopic (exact) mass is 406 g/mol. The summed E-state index contributed by atoms with van der Waals surface area (Å²) in [6.07, 6.45) is 2.70. The predicted octanol–water partition coefficient (Wildman–Crippen LogP) is 2.68. The van der Waals surface area contributed by atoms with E-state index in [0.717, 1.165) is 49.8 Å². The molecule has 2 bridgehead atoms. The number of amides is 1. The van der Waals surface area contributed by atoms with Crippen LogP contribution in [0.2, 0.25) is 0 Å². The van der Waals surface area contributed by atoms with Crippen molar-refractivity contribution in [2.24, 2.45) is 17.3 Å². The van der Waals surface area contributed by atoms with Crippen LogP contribution in [-0.4, -0.2) is 38.2 Å². The molecule has 6 nitrogen and oxygen atoms in total. The van der Waals surface area contributed by atoms with Crippen LogP contribution < -0.4 is 5.56 Å². The Morgan fingerprint density at radius 2 is 2.07 bits per heavy atom. The van der Waals surface area contributed by atoms with E-state index in [2.05, 4.69) is 31.5 Å². The minimum Gasteiger partial charge on any atom is -0.342 e. The maximum absolute atomic E-state index is 13.1. The Hall–Kier alpha value is -2.37. The standard InChI is InChI=1S/C24H30N4O2/c1-14-22-19(10-17-23(22)24(17,2)3)28(25-14)8-7-20(29)26-11-15-9-16(13-26)18-5-4-6-21(30)27(18)12-15/h4-6,15-17,23H,7-13H2,1-3H3/t15-,16-,17+,23+/m0/s1. The Bertz CT molecular complexity index is 1110. The fraction of sp³-hybridized carbons (Fsp3) is 0.625. The highest BCUT2D eigenvalue weighted by Gasteiger charge is 2.63. The molecular weight excluding hydrogens is 376 g/mol. The summed E-state index contributed by atoms with van der Waals surface area (Å²) < 4.78 is 4.04. The van der Waals surface area contributed by atoms with Crippen LogP contribution in [0, 0.1) is 24.2 Å². The number of rotatable bonds is 3. The van der Waals surface area contributed by atoms with Crippen LogP contribution in [0.3, 0.4) is 0 Å². The van der Waals surface area contributed by atoms with Crippen molar-refractivity contribution < 1.29 is 4.79 Å². The summed E-state index contributed by atoms with van der Waals surface area (Å²) in [5, 5.41) is 4.80. The Morgan fingerprint density at radius 3 is 2.90 bits per heavy atom. The molecule has 4 aliphatic rings. The second kappa shape index (κ2) is 6.08. The zero-order valence-electron chi connectivity index (χ0n) is 18.1. The fourth-order valence-electron chi connectivity index (χ4n) is 6.81. The SMILES string of the molecule is Cc1nn(CCC(=O)N2C[C@@H]3C[C@@H](C2)c2cccc(=O)n2C3)c2c1[C@H]1[C@@H](C2)C1(C)C. The molecule has 0 unspecified atom stereocenters. The third-order valence-electron chi connectivity index (χ3n) is 8.43. The molecule has 0 N–H and O–H groups in total. The molecule has 0 radical (unpaired) electrons. The summed E-state index contributed by atoms with van der Waals surface area (Å²) in [7, 11) is 0. The number of nitrogens with zero attached hydrogens (tertiary/aromatic N) is 4. The molecule has 1 saturated heterocycles. The topological polar surface area (TPSA) is 60.1 Å². The number of hydrogen-bond acceptors (Lipinski definition) is 3. The number of aromatic nitrogens is 3. The number of aryl methyl sites for hydroxylation is 2. The Morgan fingerprint density at radius 1 is 1.23 bits per heavy atom. The van der Waals surface area contributed by atoms with E-state index in [0.29, 0.717) is 30.2 Å². The molecule has 2 aromatic heterocycles. The first-order valence-electron chi connectivity index (χ1n) is 11.4. The number of fused-ring (bicyclic) bond motifs is 7. The highest BCUT2D eigenvalue weighted by Crippen LogP contribution is 2.70. The van der Waals surface area contributed by atoms with Gasteiger partial charge >= 0.3 is 0 Å². The molecule has 6 heteroatoms. The van der Waals surface area contributed by atoms with Crippen LogP contribution in [-0.2, 0) is 24.3 Å². The number of likely N-dealkylation sites (tertiary alicyclic amines) is 1. The number of pyridine rings is 1. The summed E-state index contributed by atoms with van der Waals surface area (Å²) in [4.78, 5) is 27.3. The zero-order valence-corrected chi connectivity index (χ0v) is 18.1. The lowest BCUT2D eigenvalue weighted by atomic mass is 9.83. The quantitative estimate of drug-likeness (QED) is 0.787. The fourth-order valence-corrected chi connectivity index (χ4v) is 6.81. The number of carbonyl (C=O) groups is 1. The zero-order chi connectivity index (χ0) is 20.8. The smallest absolute Gasteiger partial charge is 0.250 e. The van der Waals surface area contributed by atoms with Gasteiger partial charge in [0.05, 0.1) is 5.69 Å². The average Bonchev–Trinajstić information content (AvgIpc) is 3.02. The van der Waals surface area contributed by atoms with E-state index in [1.807, 2.05) is 15.5 Å². The molecule has 0 aromatic carbocycles. The van der Waals surface area contributed by atoms with Crippen molar-refractivity contribution >= 4 is 5.91 Å². The van der Waals surface area contributed by atoms with Crippen LogP contribution in [0.5, 0.6) is 0 Å². The van der Waals surface area contributed by atoms with Gasteiger partial charge in [0.2, 0.25) is 5.91 Å². The van der Waals surface area contributed by atoms with Crippen LogP contribution in [0.4, 0.5) is 0 Å². The summed E-state index contributed by atoms with van der Waals surface area (Å²) in [5.41, 5.74) is 5.60. The summed E-state index contributed by atoms with van der Waals surface area (Å²) in [6, 6.07) is 5.55. The van der Waals surface area contributed by atoms with Crippen molar-refractivity contribution in [3.05, 3.63) is 51.2 Å². The van der Waals surface area contributed by atoms with Gasteiger partial charge < -0.3 is 9.47 Å². The Balaban J connectivity index is 1.15. The van der Waals surface area contributed by atoms with Gasteiger partial charge in [-0.2, -0.15) is 5.10 Å². The van der Waals surface area contributed by atoms with E-state index in [9.17, 15) is 9.59 Å². The lowest BCUT2D eigenvalue weighted by Crippen LogP contribution is -2.49. The second-order valence-electron chi connectivity index (χ2n) is 10.5. The summed E-state index contributed by atoms with van der Waals surface area (Å²) >= 11 is 0. The van der Waals surface area contributed by atoms with Gasteiger partial charge in [-0.1, -0.05) is 19.9 Å². The third-order valence-corrected chi connectivity index (χ3v) is 8.43. The van der Waals surface area contributed by atoms with Crippen molar-refractivity contribution in [3.8, 4) is 0 Å². The Labute approximate surface area is 176 Å². The molecule has 4 atom stereocenters. The molecule has 4 heterocycles. The van der Waals surface area contributed by atoms with Gasteiger partial charge in [0.25, 0.3) is 5.56 Å². The highest BCUT2D eigenvalue weighted by molar-refractivity contribution is 5.76. The average molecular weight is 407 g/mol. The molecule has 158 valence electrons. The van der Waals surface area contributed by atoms with Crippen molar-refractivity contribution in [2.75, 3.05) is 13.1 Å². The molecule has 1 saturated carbocycles. The van der Waals surface area contributed by atoms with Crippen molar-refractivity contribution in [1.82, 2.24) is 19.2 Å². The van der Waals surface area contributed by atoms with Gasteiger partial charge in [-0.25, -0.2) is 0 Å². The van der Waals surface area contributed by atoms with Crippen LogP contribution in [0.15, 0.2) is 23.0 Å². The van der Waals surface area contributed by atoms with Crippen molar-refractivity contribution in [2.45, 2.75) is 65.0 Å². The molecule has 30 heavy (non-hydrogen) atoms. The number of hydrogen-bond donors (Lipinski definition) is 0. The van der Waals surface area contributed by atoms with Crippen molar-refractivity contribution in [1.29, 1.82) is 0 Å². The summed E-state index contributed by atoms with van der Waals surface area (Å²) in [6.45, 7) is 9.77. The highest BCUT2D eigenvalue weighted by atomic mass is 16.2. The molecule has 2 fully saturated rings. The number of piperidine rings is 1. The first-order chi connectivity index (χ1) is 14.3. The molecule has 2 aliphatic carbocycles. The van der Waals surface area contributed by atoms with E-state index in [1.54, 1.807) is 6.07 Å².